The lowest BCUT2D eigenvalue weighted by atomic mass is 9.95. The van der Waals surface area contributed by atoms with E-state index >= 15 is 0 Å². The van der Waals surface area contributed by atoms with Gasteiger partial charge in [-0.2, -0.15) is 0 Å². The van der Waals surface area contributed by atoms with Crippen molar-refractivity contribution in [3.05, 3.63) is 30.1 Å². The second kappa shape index (κ2) is 8.03. The zero-order valence-corrected chi connectivity index (χ0v) is 15.7. The molecule has 2 amide bonds. The highest BCUT2D eigenvalue weighted by molar-refractivity contribution is 7.92. The van der Waals surface area contributed by atoms with E-state index in [0.29, 0.717) is 25.9 Å². The third-order valence-electron chi connectivity index (χ3n) is 4.60. The molecule has 0 radical (unpaired) electrons. The van der Waals surface area contributed by atoms with Gasteiger partial charge < -0.3 is 10.6 Å². The number of halogens is 1. The molecule has 1 fully saturated rings. The van der Waals surface area contributed by atoms with Gasteiger partial charge in [0.25, 0.3) is 0 Å². The maximum Gasteiger partial charge on any atom is 0.246 e. The number of piperidine rings is 1. The van der Waals surface area contributed by atoms with Crippen LogP contribution < -0.4 is 10.0 Å². The number of hydrogen-bond acceptors (Lipinski definition) is 4. The van der Waals surface area contributed by atoms with E-state index < -0.39 is 21.9 Å². The van der Waals surface area contributed by atoms with Crippen molar-refractivity contribution in [1.82, 2.24) is 4.90 Å². The van der Waals surface area contributed by atoms with Crippen LogP contribution in [0.5, 0.6) is 0 Å². The van der Waals surface area contributed by atoms with Crippen LogP contribution in [0.15, 0.2) is 24.3 Å². The van der Waals surface area contributed by atoms with Gasteiger partial charge in [-0.25, -0.2) is 12.8 Å². The molecule has 2 N–H and O–H groups in total. The van der Waals surface area contributed by atoms with Crippen molar-refractivity contribution < 1.29 is 22.4 Å². The minimum absolute atomic E-state index is 0.237. The van der Waals surface area contributed by atoms with E-state index in [2.05, 4.69) is 0 Å². The molecule has 2 rings (SSSR count). The molecule has 0 bridgehead atoms. The molecule has 0 aliphatic carbocycles. The number of nitrogens with zero attached hydrogens (tertiary/aromatic N) is 2. The van der Waals surface area contributed by atoms with Crippen LogP contribution >= 0.6 is 0 Å². The maximum atomic E-state index is 13.2. The molecule has 1 aliphatic rings. The summed E-state index contributed by atoms with van der Waals surface area (Å²) in [4.78, 5) is 25.8. The second-order valence-corrected chi connectivity index (χ2v) is 8.32. The van der Waals surface area contributed by atoms with Crippen LogP contribution in [-0.2, 0) is 19.6 Å². The first kappa shape index (κ1) is 20.2. The normalized spacial score (nSPS) is 17.0. The van der Waals surface area contributed by atoms with Crippen LogP contribution in [0.2, 0.25) is 0 Å². The summed E-state index contributed by atoms with van der Waals surface area (Å²) < 4.78 is 38.9. The Morgan fingerprint density at radius 2 is 1.81 bits per heavy atom. The Labute approximate surface area is 153 Å². The molecule has 1 atom stereocenters. The smallest absolute Gasteiger partial charge is 0.246 e. The van der Waals surface area contributed by atoms with Crippen molar-refractivity contribution in [1.29, 1.82) is 0 Å². The van der Waals surface area contributed by atoms with Gasteiger partial charge in [-0.3, -0.25) is 13.9 Å². The molecular weight excluding hydrogens is 361 g/mol. The summed E-state index contributed by atoms with van der Waals surface area (Å²) in [7, 11) is -3.76. The molecule has 0 saturated carbocycles. The van der Waals surface area contributed by atoms with Gasteiger partial charge in [0.05, 0.1) is 11.9 Å². The molecule has 7 nitrogen and oxygen atoms in total. The van der Waals surface area contributed by atoms with E-state index in [1.54, 1.807) is 11.8 Å². The first-order valence-electron chi connectivity index (χ1n) is 8.48. The lowest BCUT2D eigenvalue weighted by Gasteiger charge is -2.37. The Bertz CT molecular complexity index is 759. The van der Waals surface area contributed by atoms with Gasteiger partial charge >= 0.3 is 0 Å². The molecule has 1 heterocycles. The number of rotatable bonds is 6. The Morgan fingerprint density at radius 1 is 1.27 bits per heavy atom. The van der Waals surface area contributed by atoms with Crippen molar-refractivity contribution in [2.45, 2.75) is 32.2 Å². The topological polar surface area (TPSA) is 101 Å². The van der Waals surface area contributed by atoms with E-state index in [1.165, 1.54) is 12.1 Å². The highest BCUT2D eigenvalue weighted by atomic mass is 32.2. The quantitative estimate of drug-likeness (QED) is 0.792. The lowest BCUT2D eigenvalue weighted by molar-refractivity contribution is -0.135. The third kappa shape index (κ3) is 4.51. The van der Waals surface area contributed by atoms with Crippen LogP contribution in [-0.4, -0.2) is 50.5 Å². The standard InChI is InChI=1S/C17H24FN3O4S/c1-3-15(17(23)20-10-8-12(9-11-20)16(19)22)21(26(2,24)25)14-6-4-13(18)5-7-14/h4-7,12,15H,3,8-11H2,1-2H3,(H2,19,22)/t15-/m0/s1. The monoisotopic (exact) mass is 385 g/mol. The number of primary amides is 1. The highest BCUT2D eigenvalue weighted by Gasteiger charge is 2.36. The molecule has 0 aromatic heterocycles. The molecule has 1 aromatic carbocycles. The minimum Gasteiger partial charge on any atom is -0.369 e. The molecule has 26 heavy (non-hydrogen) atoms. The Morgan fingerprint density at radius 3 is 2.23 bits per heavy atom. The van der Waals surface area contributed by atoms with E-state index in [1.807, 2.05) is 0 Å². The second-order valence-electron chi connectivity index (χ2n) is 6.46. The Balaban J connectivity index is 2.26. The van der Waals surface area contributed by atoms with Gasteiger partial charge in [-0.15, -0.1) is 0 Å². The number of likely N-dealkylation sites (tertiary alicyclic amines) is 1. The summed E-state index contributed by atoms with van der Waals surface area (Å²) in [5.74, 6) is -1.46. The van der Waals surface area contributed by atoms with Crippen molar-refractivity contribution in [3.8, 4) is 0 Å². The van der Waals surface area contributed by atoms with Crippen molar-refractivity contribution in [2.24, 2.45) is 11.7 Å². The minimum atomic E-state index is -3.76. The lowest BCUT2D eigenvalue weighted by Crippen LogP contribution is -2.53. The number of amides is 2. The fraction of sp³-hybridized carbons (Fsp3) is 0.529. The van der Waals surface area contributed by atoms with Gasteiger partial charge in [0.1, 0.15) is 11.9 Å². The number of carbonyl (C=O) groups excluding carboxylic acids is 2. The molecule has 1 aliphatic heterocycles. The Hall–Kier alpha value is -2.16. The van der Waals surface area contributed by atoms with Crippen LogP contribution in [0.3, 0.4) is 0 Å². The number of hydrogen-bond donors (Lipinski definition) is 1. The van der Waals surface area contributed by atoms with Gasteiger partial charge in [-0.05, 0) is 43.5 Å². The van der Waals surface area contributed by atoms with Gasteiger partial charge in [0, 0.05) is 19.0 Å². The third-order valence-corrected chi connectivity index (χ3v) is 5.78. The van der Waals surface area contributed by atoms with Crippen molar-refractivity contribution >= 4 is 27.5 Å². The van der Waals surface area contributed by atoms with Crippen LogP contribution in [0.25, 0.3) is 0 Å². The number of benzene rings is 1. The zero-order chi connectivity index (χ0) is 19.5. The first-order valence-corrected chi connectivity index (χ1v) is 10.3. The highest BCUT2D eigenvalue weighted by Crippen LogP contribution is 2.25. The summed E-state index contributed by atoms with van der Waals surface area (Å²) in [5, 5.41) is 0. The SMILES string of the molecule is CC[C@@H](C(=O)N1CCC(C(N)=O)CC1)N(c1ccc(F)cc1)S(C)(=O)=O. The predicted octanol–water partition coefficient (Wildman–Crippen LogP) is 1.09. The maximum absolute atomic E-state index is 13.2. The number of nitrogens with two attached hydrogens (primary N) is 1. The van der Waals surface area contributed by atoms with Crippen molar-refractivity contribution in [3.63, 3.8) is 0 Å². The van der Waals surface area contributed by atoms with Crippen LogP contribution in [0.4, 0.5) is 10.1 Å². The molecular formula is C17H24FN3O4S. The molecule has 144 valence electrons. The van der Waals surface area contributed by atoms with Crippen LogP contribution in [0, 0.1) is 11.7 Å². The molecule has 0 spiro atoms. The number of carbonyl (C=O) groups is 2. The zero-order valence-electron chi connectivity index (χ0n) is 14.9. The number of anilines is 1. The van der Waals surface area contributed by atoms with E-state index in [0.717, 1.165) is 22.7 Å². The summed E-state index contributed by atoms with van der Waals surface area (Å²) in [6.45, 7) is 2.42. The van der Waals surface area contributed by atoms with Gasteiger partial charge in [0.2, 0.25) is 21.8 Å². The fourth-order valence-corrected chi connectivity index (χ4v) is 4.43. The molecule has 0 unspecified atom stereocenters. The summed E-state index contributed by atoms with van der Waals surface area (Å²) in [6.07, 6.45) is 2.21. The largest absolute Gasteiger partial charge is 0.369 e. The molecule has 1 aromatic rings. The molecule has 9 heteroatoms. The Kier molecular flexibility index (Phi) is 6.22. The first-order chi connectivity index (χ1) is 12.1. The average Bonchev–Trinajstić information content (AvgIpc) is 2.59. The van der Waals surface area contributed by atoms with Crippen molar-refractivity contribution in [2.75, 3.05) is 23.7 Å². The fourth-order valence-electron chi connectivity index (χ4n) is 3.23. The summed E-state index contributed by atoms with van der Waals surface area (Å²) >= 11 is 0. The molecule has 1 saturated heterocycles. The summed E-state index contributed by atoms with van der Waals surface area (Å²) in [5.41, 5.74) is 5.54. The van der Waals surface area contributed by atoms with Gasteiger partial charge in [0.15, 0.2) is 0 Å². The average molecular weight is 385 g/mol. The van der Waals surface area contributed by atoms with E-state index in [4.69, 9.17) is 5.73 Å². The van der Waals surface area contributed by atoms with Crippen LogP contribution in [0.1, 0.15) is 26.2 Å². The van der Waals surface area contributed by atoms with E-state index in [9.17, 15) is 22.4 Å². The number of sulfonamides is 1. The van der Waals surface area contributed by atoms with E-state index in [-0.39, 0.29) is 29.8 Å². The predicted molar refractivity (Wildman–Crippen MR) is 96.3 cm³/mol. The van der Waals surface area contributed by atoms with Gasteiger partial charge in [-0.1, -0.05) is 6.92 Å². The summed E-state index contributed by atoms with van der Waals surface area (Å²) in [6, 6.07) is 4.06.